The quantitative estimate of drug-likeness (QED) is 0.232. The Morgan fingerprint density at radius 2 is 1.50 bits per heavy atom. The normalized spacial score (nSPS) is 14.4. The lowest BCUT2D eigenvalue weighted by atomic mass is 10.2. The third-order valence-electron chi connectivity index (χ3n) is 5.06. The molecule has 12 nitrogen and oxygen atoms in total. The lowest BCUT2D eigenvalue weighted by molar-refractivity contribution is -0.152. The average molecular weight is 526 g/mol. The zero-order chi connectivity index (χ0) is 26.8. The maximum Gasteiger partial charge on any atom is 0.310 e. The number of esters is 2. The molecule has 0 unspecified atom stereocenters. The number of nitrogens with two attached hydrogens (primary N) is 1. The van der Waals surface area contributed by atoms with E-state index in [4.69, 9.17) is 19.9 Å². The van der Waals surface area contributed by atoms with Crippen LogP contribution in [0.4, 0.5) is 5.82 Å². The molecule has 13 heteroatoms. The predicted octanol–water partition coefficient (Wildman–Crippen LogP) is 2.44. The minimum atomic E-state index is -1.06. The van der Waals surface area contributed by atoms with Gasteiger partial charge in [0, 0.05) is 13.1 Å². The van der Waals surface area contributed by atoms with Gasteiger partial charge in [0.15, 0.2) is 11.5 Å². The van der Waals surface area contributed by atoms with Crippen LogP contribution in [-0.4, -0.2) is 69.2 Å². The molecule has 0 fully saturated rings. The third kappa shape index (κ3) is 9.57. The fourth-order valence-electron chi connectivity index (χ4n) is 3.07. The van der Waals surface area contributed by atoms with Gasteiger partial charge >= 0.3 is 11.9 Å². The van der Waals surface area contributed by atoms with Crippen molar-refractivity contribution in [3.05, 3.63) is 12.7 Å². The number of fused-ring (bicyclic) bond motifs is 1. The standard InChI is InChI=1S/C23H40N7O5P/c1-14(2)34-22(31)16(5)8-28-36(29-9-17(6)23(32)35-15(3)4)13-33-18(7)10-30-12-27-19-20(24)25-11-26-21(19)30/h11-12,14-18,28-29H,8-10,13H2,1-7H3,(H2,24,25,26)/t16-,17-,18-/m1/s1. The fourth-order valence-corrected chi connectivity index (χ4v) is 4.76. The highest BCUT2D eigenvalue weighted by Gasteiger charge is 2.21. The molecule has 2 rings (SSSR count). The molecule has 0 aliphatic heterocycles. The van der Waals surface area contributed by atoms with Gasteiger partial charge < -0.3 is 24.5 Å². The molecule has 0 spiro atoms. The molecule has 2 aromatic heterocycles. The van der Waals surface area contributed by atoms with Crippen molar-refractivity contribution >= 4 is 37.1 Å². The van der Waals surface area contributed by atoms with Crippen molar-refractivity contribution < 1.29 is 23.8 Å². The number of nitrogens with zero attached hydrogens (tertiary/aromatic N) is 4. The third-order valence-corrected chi connectivity index (χ3v) is 6.59. The van der Waals surface area contributed by atoms with E-state index in [9.17, 15) is 9.59 Å². The first-order chi connectivity index (χ1) is 17.0. The lowest BCUT2D eigenvalue weighted by Crippen LogP contribution is -2.34. The Morgan fingerprint density at radius 3 is 2.03 bits per heavy atom. The van der Waals surface area contributed by atoms with Crippen LogP contribution in [0.5, 0.6) is 0 Å². The Bertz CT molecular complexity index is 955. The van der Waals surface area contributed by atoms with Crippen LogP contribution in [-0.2, 0) is 30.3 Å². The van der Waals surface area contributed by atoms with Crippen LogP contribution in [0.15, 0.2) is 12.7 Å². The Hall–Kier alpha value is -2.40. The SMILES string of the molecule is CC(C)OC(=O)[C@H](C)CNP(CO[C@H](C)Cn1cnc2c(N)ncnc21)NC[C@@H](C)C(=O)OC(C)C. The number of carbonyl (C=O) groups excluding carboxylic acids is 2. The van der Waals surface area contributed by atoms with Gasteiger partial charge in [-0.15, -0.1) is 0 Å². The second-order valence-electron chi connectivity index (χ2n) is 9.36. The van der Waals surface area contributed by atoms with Gasteiger partial charge in [-0.25, -0.2) is 15.0 Å². The second-order valence-corrected chi connectivity index (χ2v) is 11.1. The number of aromatic nitrogens is 4. The zero-order valence-corrected chi connectivity index (χ0v) is 23.1. The number of imidazole rings is 1. The smallest absolute Gasteiger partial charge is 0.310 e. The summed E-state index contributed by atoms with van der Waals surface area (Å²) in [5.74, 6) is -0.850. The van der Waals surface area contributed by atoms with Crippen molar-refractivity contribution in [2.45, 2.75) is 73.3 Å². The molecule has 0 radical (unpaired) electrons. The van der Waals surface area contributed by atoms with Gasteiger partial charge in [0.2, 0.25) is 0 Å². The van der Waals surface area contributed by atoms with Crippen molar-refractivity contribution in [2.24, 2.45) is 11.8 Å². The van der Waals surface area contributed by atoms with E-state index in [1.165, 1.54) is 6.33 Å². The molecule has 202 valence electrons. The first kappa shape index (κ1) is 29.8. The van der Waals surface area contributed by atoms with Gasteiger partial charge in [-0.2, -0.15) is 0 Å². The minimum Gasteiger partial charge on any atom is -0.463 e. The van der Waals surface area contributed by atoms with Crippen molar-refractivity contribution in [2.75, 3.05) is 25.2 Å². The van der Waals surface area contributed by atoms with E-state index >= 15 is 0 Å². The second kappa shape index (κ2) is 14.4. The van der Waals surface area contributed by atoms with Crippen LogP contribution in [0.25, 0.3) is 11.2 Å². The van der Waals surface area contributed by atoms with E-state index < -0.39 is 8.22 Å². The molecular formula is C23H40N7O5P. The summed E-state index contributed by atoms with van der Waals surface area (Å²) < 4.78 is 18.6. The Labute approximate surface area is 213 Å². The number of anilines is 1. The highest BCUT2D eigenvalue weighted by Crippen LogP contribution is 2.27. The minimum absolute atomic E-state index is 0.168. The molecule has 0 aliphatic carbocycles. The van der Waals surface area contributed by atoms with Crippen LogP contribution < -0.4 is 15.9 Å². The average Bonchev–Trinajstić information content (AvgIpc) is 3.21. The first-order valence-electron chi connectivity index (χ1n) is 12.2. The molecule has 0 saturated heterocycles. The molecule has 2 heterocycles. The number of nitrogens with one attached hydrogen (secondary N) is 2. The van der Waals surface area contributed by atoms with Crippen LogP contribution >= 0.6 is 8.22 Å². The van der Waals surface area contributed by atoms with E-state index in [-0.39, 0.29) is 42.1 Å². The molecular weight excluding hydrogens is 485 g/mol. The summed E-state index contributed by atoms with van der Waals surface area (Å²) in [5, 5.41) is 6.76. The molecule has 0 amide bonds. The van der Waals surface area contributed by atoms with Crippen LogP contribution in [0.1, 0.15) is 48.5 Å². The van der Waals surface area contributed by atoms with Gasteiger partial charge in [-0.1, -0.05) is 13.8 Å². The maximum atomic E-state index is 12.2. The Kier molecular flexibility index (Phi) is 11.9. The largest absolute Gasteiger partial charge is 0.463 e. The highest BCUT2D eigenvalue weighted by molar-refractivity contribution is 7.53. The molecule has 3 atom stereocenters. The summed E-state index contributed by atoms with van der Waals surface area (Å²) in [4.78, 5) is 36.9. The van der Waals surface area contributed by atoms with Crippen LogP contribution in [0, 0.1) is 11.8 Å². The van der Waals surface area contributed by atoms with E-state index in [1.807, 2.05) is 53.0 Å². The van der Waals surface area contributed by atoms with Crippen molar-refractivity contribution in [1.29, 1.82) is 0 Å². The number of hydrogen-bond donors (Lipinski definition) is 3. The summed E-state index contributed by atoms with van der Waals surface area (Å²) in [6.07, 6.45) is 2.93. The number of ether oxygens (including phenoxy) is 3. The number of carbonyl (C=O) groups is 2. The highest BCUT2D eigenvalue weighted by atomic mass is 31.1. The fraction of sp³-hybridized carbons (Fsp3) is 0.696. The summed E-state index contributed by atoms with van der Waals surface area (Å²) in [6, 6.07) is 0. The van der Waals surface area contributed by atoms with Gasteiger partial charge in [0.1, 0.15) is 11.8 Å². The molecule has 0 aliphatic rings. The summed E-state index contributed by atoms with van der Waals surface area (Å²) >= 11 is 0. The van der Waals surface area contributed by atoms with E-state index in [0.29, 0.717) is 43.0 Å². The topological polar surface area (TPSA) is 156 Å². The van der Waals surface area contributed by atoms with Crippen molar-refractivity contribution in [3.63, 3.8) is 0 Å². The van der Waals surface area contributed by atoms with E-state index in [0.717, 1.165) is 0 Å². The lowest BCUT2D eigenvalue weighted by Gasteiger charge is -2.25. The number of nitrogen functional groups attached to an aromatic ring is 1. The van der Waals surface area contributed by atoms with E-state index in [2.05, 4.69) is 25.1 Å². The predicted molar refractivity (Wildman–Crippen MR) is 139 cm³/mol. The van der Waals surface area contributed by atoms with Gasteiger partial charge in [-0.05, 0) is 34.6 Å². The van der Waals surface area contributed by atoms with Crippen LogP contribution in [0.3, 0.4) is 0 Å². The number of hydrogen-bond acceptors (Lipinski definition) is 11. The monoisotopic (exact) mass is 525 g/mol. The molecule has 0 aromatic carbocycles. The van der Waals surface area contributed by atoms with Crippen LogP contribution in [0.2, 0.25) is 0 Å². The molecule has 4 N–H and O–H groups in total. The molecule has 36 heavy (non-hydrogen) atoms. The summed E-state index contributed by atoms with van der Waals surface area (Å²) in [5.41, 5.74) is 7.07. The Balaban J connectivity index is 1.96. The van der Waals surface area contributed by atoms with Crippen molar-refractivity contribution in [1.82, 2.24) is 29.7 Å². The number of rotatable bonds is 15. The zero-order valence-electron chi connectivity index (χ0n) is 22.2. The van der Waals surface area contributed by atoms with Gasteiger partial charge in [0.25, 0.3) is 0 Å². The summed E-state index contributed by atoms with van der Waals surface area (Å²) in [6.45, 7) is 14.2. The first-order valence-corrected chi connectivity index (χ1v) is 13.7. The maximum absolute atomic E-state index is 12.2. The Morgan fingerprint density at radius 1 is 0.944 bits per heavy atom. The molecule has 0 bridgehead atoms. The van der Waals surface area contributed by atoms with E-state index in [1.54, 1.807) is 6.33 Å². The molecule has 0 saturated carbocycles. The van der Waals surface area contributed by atoms with Gasteiger partial charge in [0.05, 0.1) is 57.6 Å². The summed E-state index contributed by atoms with van der Waals surface area (Å²) in [7, 11) is -1.06. The van der Waals surface area contributed by atoms with Crippen molar-refractivity contribution in [3.8, 4) is 0 Å². The van der Waals surface area contributed by atoms with Gasteiger partial charge in [-0.3, -0.25) is 19.8 Å². The molecule has 2 aromatic rings.